The van der Waals surface area contributed by atoms with Gasteiger partial charge in [0.05, 0.1) is 10.9 Å². The highest BCUT2D eigenvalue weighted by molar-refractivity contribution is 8.01. The molecule has 90 valence electrons. The molecule has 1 amide bonds. The molecule has 0 unspecified atom stereocenters. The Morgan fingerprint density at radius 1 is 1.44 bits per heavy atom. The van der Waals surface area contributed by atoms with Crippen LogP contribution >= 0.6 is 11.8 Å². The molecule has 0 radical (unpaired) electrons. The third-order valence-electron chi connectivity index (χ3n) is 4.23. The van der Waals surface area contributed by atoms with E-state index < -0.39 is 0 Å². The molecule has 16 heavy (non-hydrogen) atoms. The van der Waals surface area contributed by atoms with Gasteiger partial charge >= 0.3 is 0 Å². The first-order valence-electron chi connectivity index (χ1n) is 6.18. The van der Waals surface area contributed by atoms with Crippen LogP contribution in [0, 0.1) is 5.92 Å². The van der Waals surface area contributed by atoms with Crippen LogP contribution in [0.1, 0.15) is 25.7 Å². The number of thioether (sulfide) groups is 1. The molecule has 1 atom stereocenters. The molecule has 2 aliphatic heterocycles. The van der Waals surface area contributed by atoms with Crippen molar-refractivity contribution in [3.63, 3.8) is 0 Å². The maximum Gasteiger partial charge on any atom is 0.225 e. The third-order valence-corrected chi connectivity index (χ3v) is 5.81. The van der Waals surface area contributed by atoms with Gasteiger partial charge in [-0.15, -0.1) is 11.8 Å². The SMILES string of the molecule is CO[C@H]1CSC2(C1)CN(C(=O)C1CCC1)C2. The van der Waals surface area contributed by atoms with E-state index in [1.165, 1.54) is 6.42 Å². The number of methoxy groups -OCH3 is 1. The Hall–Kier alpha value is -0.220. The lowest BCUT2D eigenvalue weighted by molar-refractivity contribution is -0.143. The minimum atomic E-state index is 0.347. The highest BCUT2D eigenvalue weighted by Crippen LogP contribution is 2.46. The first kappa shape index (κ1) is 10.9. The van der Waals surface area contributed by atoms with Gasteiger partial charge in [0.25, 0.3) is 0 Å². The average Bonchev–Trinajstić information content (AvgIpc) is 2.56. The highest BCUT2D eigenvalue weighted by atomic mass is 32.2. The molecule has 0 bridgehead atoms. The predicted molar refractivity (Wildman–Crippen MR) is 64.5 cm³/mol. The fraction of sp³-hybridized carbons (Fsp3) is 0.917. The van der Waals surface area contributed by atoms with Crippen molar-refractivity contribution in [2.45, 2.75) is 36.5 Å². The molecule has 0 aromatic heterocycles. The summed E-state index contributed by atoms with van der Waals surface area (Å²) in [7, 11) is 1.79. The van der Waals surface area contributed by atoms with Gasteiger partial charge < -0.3 is 9.64 Å². The quantitative estimate of drug-likeness (QED) is 0.734. The zero-order valence-corrected chi connectivity index (χ0v) is 10.6. The van der Waals surface area contributed by atoms with E-state index >= 15 is 0 Å². The summed E-state index contributed by atoms with van der Waals surface area (Å²) in [5.74, 6) is 1.88. The smallest absolute Gasteiger partial charge is 0.225 e. The van der Waals surface area contributed by atoms with E-state index in [2.05, 4.69) is 4.90 Å². The van der Waals surface area contributed by atoms with Gasteiger partial charge in [0, 0.05) is 31.9 Å². The van der Waals surface area contributed by atoms with Crippen molar-refractivity contribution in [1.29, 1.82) is 0 Å². The summed E-state index contributed by atoms with van der Waals surface area (Å²) in [6.07, 6.45) is 5.02. The minimum absolute atomic E-state index is 0.347. The van der Waals surface area contributed by atoms with E-state index in [4.69, 9.17) is 4.74 Å². The summed E-state index contributed by atoms with van der Waals surface area (Å²) in [6, 6.07) is 0. The Kier molecular flexibility index (Phi) is 2.67. The highest BCUT2D eigenvalue weighted by Gasteiger charge is 2.51. The first-order chi connectivity index (χ1) is 7.72. The third kappa shape index (κ3) is 1.66. The minimum Gasteiger partial charge on any atom is -0.381 e. The molecule has 2 heterocycles. The topological polar surface area (TPSA) is 29.5 Å². The lowest BCUT2D eigenvalue weighted by atomic mass is 9.82. The van der Waals surface area contributed by atoms with Crippen molar-refractivity contribution in [2.75, 3.05) is 26.0 Å². The van der Waals surface area contributed by atoms with Crippen LogP contribution in [-0.2, 0) is 9.53 Å². The van der Waals surface area contributed by atoms with E-state index in [1.807, 2.05) is 11.8 Å². The first-order valence-corrected chi connectivity index (χ1v) is 7.16. The molecule has 0 aromatic rings. The largest absolute Gasteiger partial charge is 0.381 e. The molecule has 3 fully saturated rings. The van der Waals surface area contributed by atoms with Crippen LogP contribution in [0.25, 0.3) is 0 Å². The van der Waals surface area contributed by atoms with Crippen molar-refractivity contribution in [3.05, 3.63) is 0 Å². The zero-order valence-electron chi connectivity index (χ0n) is 9.78. The van der Waals surface area contributed by atoms with Crippen molar-refractivity contribution >= 4 is 17.7 Å². The number of hydrogen-bond donors (Lipinski definition) is 0. The molecule has 0 N–H and O–H groups in total. The standard InChI is InChI=1S/C12H19NO2S/c1-15-10-5-12(16-6-10)7-13(8-12)11(14)9-3-2-4-9/h9-10H,2-8H2,1H3/t10-/m1/s1. The van der Waals surface area contributed by atoms with Crippen molar-refractivity contribution in [3.8, 4) is 0 Å². The summed E-state index contributed by atoms with van der Waals surface area (Å²) in [5, 5.41) is 0. The molecule has 1 aliphatic carbocycles. The molecule has 3 aliphatic rings. The molecular formula is C12H19NO2S. The number of carbonyl (C=O) groups is 1. The van der Waals surface area contributed by atoms with Crippen LogP contribution in [0.15, 0.2) is 0 Å². The number of likely N-dealkylation sites (tertiary alicyclic amines) is 1. The Morgan fingerprint density at radius 3 is 2.69 bits per heavy atom. The predicted octanol–water partition coefficient (Wildman–Crippen LogP) is 1.52. The van der Waals surface area contributed by atoms with Crippen LogP contribution in [0.2, 0.25) is 0 Å². The fourth-order valence-electron chi connectivity index (χ4n) is 2.89. The van der Waals surface area contributed by atoms with Crippen LogP contribution in [0.5, 0.6) is 0 Å². The maximum absolute atomic E-state index is 12.0. The van der Waals surface area contributed by atoms with Gasteiger partial charge in [-0.1, -0.05) is 6.42 Å². The number of carbonyl (C=O) groups excluding carboxylic acids is 1. The van der Waals surface area contributed by atoms with E-state index in [0.717, 1.165) is 38.1 Å². The van der Waals surface area contributed by atoms with Gasteiger partial charge in [0.2, 0.25) is 5.91 Å². The number of ether oxygens (including phenoxy) is 1. The van der Waals surface area contributed by atoms with Crippen molar-refractivity contribution in [1.82, 2.24) is 4.90 Å². The zero-order chi connectivity index (χ0) is 11.2. The summed E-state index contributed by atoms with van der Waals surface area (Å²) < 4.78 is 5.74. The van der Waals surface area contributed by atoms with Crippen LogP contribution in [0.3, 0.4) is 0 Å². The Bertz CT molecular complexity index is 297. The fourth-order valence-corrected chi connectivity index (χ4v) is 4.48. The Labute approximate surface area is 101 Å². The van der Waals surface area contributed by atoms with Gasteiger partial charge in [-0.2, -0.15) is 0 Å². The summed E-state index contributed by atoms with van der Waals surface area (Å²) >= 11 is 2.00. The van der Waals surface area contributed by atoms with E-state index in [-0.39, 0.29) is 0 Å². The molecule has 1 saturated carbocycles. The second-order valence-electron chi connectivity index (χ2n) is 5.38. The van der Waals surface area contributed by atoms with Gasteiger partial charge in [0.1, 0.15) is 0 Å². The number of rotatable bonds is 2. The molecular weight excluding hydrogens is 222 g/mol. The summed E-state index contributed by atoms with van der Waals surface area (Å²) in [5.41, 5.74) is 0. The second kappa shape index (κ2) is 3.91. The maximum atomic E-state index is 12.0. The monoisotopic (exact) mass is 241 g/mol. The van der Waals surface area contributed by atoms with Crippen LogP contribution < -0.4 is 0 Å². The number of hydrogen-bond acceptors (Lipinski definition) is 3. The summed E-state index contributed by atoms with van der Waals surface area (Å²) in [4.78, 5) is 14.0. The lowest BCUT2D eigenvalue weighted by Crippen LogP contribution is -2.62. The number of amides is 1. The number of nitrogens with zero attached hydrogens (tertiary/aromatic N) is 1. The second-order valence-corrected chi connectivity index (χ2v) is 6.87. The van der Waals surface area contributed by atoms with Crippen molar-refractivity contribution < 1.29 is 9.53 Å². The van der Waals surface area contributed by atoms with E-state index in [1.54, 1.807) is 7.11 Å². The molecule has 1 spiro atoms. The van der Waals surface area contributed by atoms with E-state index in [0.29, 0.717) is 22.7 Å². The summed E-state index contributed by atoms with van der Waals surface area (Å²) in [6.45, 7) is 1.93. The molecule has 0 aromatic carbocycles. The van der Waals surface area contributed by atoms with Crippen molar-refractivity contribution in [2.24, 2.45) is 5.92 Å². The molecule has 3 rings (SSSR count). The molecule has 3 nitrogen and oxygen atoms in total. The molecule has 2 saturated heterocycles. The normalized spacial score (nSPS) is 32.6. The van der Waals surface area contributed by atoms with Crippen LogP contribution in [0.4, 0.5) is 0 Å². The Balaban J connectivity index is 1.52. The van der Waals surface area contributed by atoms with Gasteiger partial charge in [-0.05, 0) is 19.3 Å². The molecule has 4 heteroatoms. The van der Waals surface area contributed by atoms with Gasteiger partial charge in [0.15, 0.2) is 0 Å². The van der Waals surface area contributed by atoms with Gasteiger partial charge in [-0.3, -0.25) is 4.79 Å². The Morgan fingerprint density at radius 2 is 2.19 bits per heavy atom. The average molecular weight is 241 g/mol. The lowest BCUT2D eigenvalue weighted by Gasteiger charge is -2.49. The van der Waals surface area contributed by atoms with Crippen LogP contribution in [-0.4, -0.2) is 47.6 Å². The van der Waals surface area contributed by atoms with E-state index in [9.17, 15) is 4.79 Å². The van der Waals surface area contributed by atoms with Gasteiger partial charge in [-0.25, -0.2) is 0 Å².